The fourth-order valence-corrected chi connectivity index (χ4v) is 2.84. The van der Waals surface area contributed by atoms with E-state index < -0.39 is 0 Å². The first kappa shape index (κ1) is 22.0. The molecule has 0 saturated carbocycles. The molecule has 0 spiro atoms. The molecule has 0 unspecified atom stereocenters. The number of amides is 2. The molecule has 0 bridgehead atoms. The second-order valence-corrected chi connectivity index (χ2v) is 6.22. The maximum absolute atomic E-state index is 12.5. The number of carbonyl (C=O) groups is 2. The minimum absolute atomic E-state index is 0.0527. The van der Waals surface area contributed by atoms with Gasteiger partial charge >= 0.3 is 0 Å². The van der Waals surface area contributed by atoms with Gasteiger partial charge in [0.15, 0.2) is 11.5 Å². The minimum Gasteiger partial charge on any atom is -0.493 e. The van der Waals surface area contributed by atoms with Gasteiger partial charge in [-0.05, 0) is 62.7 Å². The molecular formula is C23H28N2O4. The number of hydrogen-bond donors (Lipinski definition) is 1. The van der Waals surface area contributed by atoms with Gasteiger partial charge in [0.1, 0.15) is 0 Å². The molecule has 0 fully saturated rings. The van der Waals surface area contributed by atoms with Crippen LogP contribution in [0.3, 0.4) is 0 Å². The third kappa shape index (κ3) is 6.10. The SMILES string of the molecule is CCOc1ccc(/C=C/C(=O)Nc2cccc(C(=O)N(CC)CC)c2)cc1OC. The molecule has 2 aromatic rings. The van der Waals surface area contributed by atoms with E-state index in [1.807, 2.05) is 32.9 Å². The molecule has 0 aliphatic heterocycles. The van der Waals surface area contributed by atoms with Crippen LogP contribution in [0.4, 0.5) is 5.69 Å². The van der Waals surface area contributed by atoms with Crippen molar-refractivity contribution in [2.45, 2.75) is 20.8 Å². The molecule has 2 rings (SSSR count). The van der Waals surface area contributed by atoms with Crippen LogP contribution in [-0.2, 0) is 4.79 Å². The Labute approximate surface area is 172 Å². The predicted molar refractivity (Wildman–Crippen MR) is 116 cm³/mol. The fourth-order valence-electron chi connectivity index (χ4n) is 2.84. The molecule has 0 aliphatic rings. The van der Waals surface area contributed by atoms with Gasteiger partial charge < -0.3 is 19.7 Å². The van der Waals surface area contributed by atoms with E-state index in [9.17, 15) is 9.59 Å². The molecule has 154 valence electrons. The van der Waals surface area contributed by atoms with E-state index in [4.69, 9.17) is 9.47 Å². The second-order valence-electron chi connectivity index (χ2n) is 6.22. The standard InChI is InChI=1S/C23H28N2O4/c1-5-25(6-2)23(27)18-9-8-10-19(16-18)24-22(26)14-12-17-11-13-20(29-7-3)21(15-17)28-4/h8-16H,5-7H2,1-4H3,(H,24,26)/b14-12+. The molecular weight excluding hydrogens is 368 g/mol. The molecule has 29 heavy (non-hydrogen) atoms. The lowest BCUT2D eigenvalue weighted by atomic mass is 10.1. The van der Waals surface area contributed by atoms with Gasteiger partial charge in [-0.1, -0.05) is 12.1 Å². The summed E-state index contributed by atoms with van der Waals surface area (Å²) in [5.74, 6) is 0.928. The monoisotopic (exact) mass is 396 g/mol. The highest BCUT2D eigenvalue weighted by Gasteiger charge is 2.13. The minimum atomic E-state index is -0.287. The Morgan fingerprint density at radius 1 is 1.03 bits per heavy atom. The van der Waals surface area contributed by atoms with Crippen LogP contribution in [0.2, 0.25) is 0 Å². The topological polar surface area (TPSA) is 67.9 Å². The fraction of sp³-hybridized carbons (Fsp3) is 0.304. The molecule has 2 aromatic carbocycles. The number of nitrogens with one attached hydrogen (secondary N) is 1. The van der Waals surface area contributed by atoms with Crippen molar-refractivity contribution in [1.82, 2.24) is 4.90 Å². The molecule has 6 nitrogen and oxygen atoms in total. The molecule has 1 N–H and O–H groups in total. The van der Waals surface area contributed by atoms with Crippen molar-refractivity contribution in [2.24, 2.45) is 0 Å². The maximum atomic E-state index is 12.5. The van der Waals surface area contributed by atoms with Gasteiger partial charge in [-0.15, -0.1) is 0 Å². The van der Waals surface area contributed by atoms with Crippen molar-refractivity contribution >= 4 is 23.6 Å². The van der Waals surface area contributed by atoms with E-state index >= 15 is 0 Å². The third-order valence-electron chi connectivity index (χ3n) is 4.34. The highest BCUT2D eigenvalue weighted by atomic mass is 16.5. The Kier molecular flexibility index (Phi) is 8.27. The van der Waals surface area contributed by atoms with Crippen LogP contribution in [0.1, 0.15) is 36.7 Å². The zero-order chi connectivity index (χ0) is 21.2. The summed E-state index contributed by atoms with van der Waals surface area (Å²) in [4.78, 5) is 26.5. The number of nitrogens with zero attached hydrogens (tertiary/aromatic N) is 1. The normalized spacial score (nSPS) is 10.6. The maximum Gasteiger partial charge on any atom is 0.253 e. The number of ether oxygens (including phenoxy) is 2. The summed E-state index contributed by atoms with van der Waals surface area (Å²) in [7, 11) is 1.57. The van der Waals surface area contributed by atoms with E-state index in [2.05, 4.69) is 5.32 Å². The van der Waals surface area contributed by atoms with Crippen molar-refractivity contribution in [1.29, 1.82) is 0 Å². The third-order valence-corrected chi connectivity index (χ3v) is 4.34. The Bertz CT molecular complexity index is 873. The highest BCUT2D eigenvalue weighted by Crippen LogP contribution is 2.28. The van der Waals surface area contributed by atoms with Gasteiger partial charge in [0.2, 0.25) is 5.91 Å². The largest absolute Gasteiger partial charge is 0.493 e. The zero-order valence-corrected chi connectivity index (χ0v) is 17.4. The van der Waals surface area contributed by atoms with Crippen LogP contribution in [0.5, 0.6) is 11.5 Å². The number of methoxy groups -OCH3 is 1. The van der Waals surface area contributed by atoms with Gasteiger partial charge in [0, 0.05) is 30.4 Å². The number of benzene rings is 2. The predicted octanol–water partition coefficient (Wildman–Crippen LogP) is 4.23. The smallest absolute Gasteiger partial charge is 0.253 e. The lowest BCUT2D eigenvalue weighted by Gasteiger charge is -2.18. The summed E-state index contributed by atoms with van der Waals surface area (Å²) in [6.07, 6.45) is 3.13. The first-order valence-electron chi connectivity index (χ1n) is 9.71. The van der Waals surface area contributed by atoms with Gasteiger partial charge in [-0.25, -0.2) is 0 Å². The summed E-state index contributed by atoms with van der Waals surface area (Å²) in [6, 6.07) is 12.4. The van der Waals surface area contributed by atoms with Crippen LogP contribution in [0.25, 0.3) is 6.08 Å². The molecule has 0 radical (unpaired) electrons. The quantitative estimate of drug-likeness (QED) is 0.644. The molecule has 2 amide bonds. The Morgan fingerprint density at radius 3 is 2.45 bits per heavy atom. The summed E-state index contributed by atoms with van der Waals surface area (Å²) in [5.41, 5.74) is 1.93. The van der Waals surface area contributed by atoms with E-state index in [1.54, 1.807) is 48.4 Å². The van der Waals surface area contributed by atoms with Gasteiger partial charge in [-0.3, -0.25) is 9.59 Å². The zero-order valence-electron chi connectivity index (χ0n) is 17.4. The Balaban J connectivity index is 2.07. The van der Waals surface area contributed by atoms with E-state index in [0.29, 0.717) is 42.4 Å². The van der Waals surface area contributed by atoms with Crippen molar-refractivity contribution in [3.05, 3.63) is 59.7 Å². The first-order chi connectivity index (χ1) is 14.0. The van der Waals surface area contributed by atoms with Crippen molar-refractivity contribution in [3.63, 3.8) is 0 Å². The van der Waals surface area contributed by atoms with Gasteiger partial charge in [0.05, 0.1) is 13.7 Å². The number of anilines is 1. The van der Waals surface area contributed by atoms with Crippen molar-refractivity contribution < 1.29 is 19.1 Å². The van der Waals surface area contributed by atoms with E-state index in [-0.39, 0.29) is 11.8 Å². The van der Waals surface area contributed by atoms with Crippen LogP contribution in [-0.4, -0.2) is 43.5 Å². The average Bonchev–Trinajstić information content (AvgIpc) is 2.74. The lowest BCUT2D eigenvalue weighted by molar-refractivity contribution is -0.111. The van der Waals surface area contributed by atoms with Crippen LogP contribution in [0.15, 0.2) is 48.5 Å². The summed E-state index contributed by atoms with van der Waals surface area (Å²) in [5, 5.41) is 2.79. The molecule has 0 aliphatic carbocycles. The molecule has 0 saturated heterocycles. The molecule has 6 heteroatoms. The highest BCUT2D eigenvalue weighted by molar-refractivity contribution is 6.03. The van der Waals surface area contributed by atoms with E-state index in [0.717, 1.165) is 5.56 Å². The number of hydrogen-bond acceptors (Lipinski definition) is 4. The Morgan fingerprint density at radius 2 is 1.79 bits per heavy atom. The average molecular weight is 396 g/mol. The van der Waals surface area contributed by atoms with Crippen LogP contribution >= 0.6 is 0 Å². The van der Waals surface area contributed by atoms with Crippen molar-refractivity contribution in [3.8, 4) is 11.5 Å². The van der Waals surface area contributed by atoms with Crippen molar-refractivity contribution in [2.75, 3.05) is 32.1 Å². The summed E-state index contributed by atoms with van der Waals surface area (Å²) < 4.78 is 10.8. The Hall–Kier alpha value is -3.28. The first-order valence-corrected chi connectivity index (χ1v) is 9.71. The molecule has 0 atom stereocenters. The lowest BCUT2D eigenvalue weighted by Crippen LogP contribution is -2.30. The molecule has 0 heterocycles. The molecule has 0 aromatic heterocycles. The van der Waals surface area contributed by atoms with Crippen LogP contribution in [0, 0.1) is 0 Å². The van der Waals surface area contributed by atoms with Gasteiger partial charge in [-0.2, -0.15) is 0 Å². The van der Waals surface area contributed by atoms with E-state index in [1.165, 1.54) is 6.08 Å². The number of carbonyl (C=O) groups excluding carboxylic acids is 2. The summed E-state index contributed by atoms with van der Waals surface area (Å²) >= 11 is 0. The number of rotatable bonds is 9. The second kappa shape index (κ2) is 10.9. The van der Waals surface area contributed by atoms with Crippen LogP contribution < -0.4 is 14.8 Å². The summed E-state index contributed by atoms with van der Waals surface area (Å²) in [6.45, 7) is 7.61. The van der Waals surface area contributed by atoms with Gasteiger partial charge in [0.25, 0.3) is 5.91 Å².